The van der Waals surface area contributed by atoms with Crippen LogP contribution >= 0.6 is 0 Å². The largest absolute Gasteiger partial charge is 0.478 e. The molecular weight excluding hydrogens is 273 g/mol. The van der Waals surface area contributed by atoms with Crippen molar-refractivity contribution in [3.8, 4) is 0 Å². The van der Waals surface area contributed by atoms with E-state index in [1.165, 1.54) is 18.2 Å². The van der Waals surface area contributed by atoms with E-state index in [4.69, 9.17) is 5.11 Å². The molecule has 1 N–H and O–H groups in total. The highest BCUT2D eigenvalue weighted by Gasteiger charge is 2.40. The van der Waals surface area contributed by atoms with Gasteiger partial charge in [0.25, 0.3) is 0 Å². The number of halogens is 3. The number of aromatic carboxylic acids is 1. The summed E-state index contributed by atoms with van der Waals surface area (Å²) in [6, 6.07) is 3.95. The van der Waals surface area contributed by atoms with Gasteiger partial charge in [0.05, 0.1) is 11.1 Å². The Morgan fingerprint density at radius 1 is 1.35 bits per heavy atom. The number of aromatic nitrogens is 2. The fraction of sp³-hybridized carbons (Fsp3) is 0.385. The van der Waals surface area contributed by atoms with Gasteiger partial charge in [-0.15, -0.1) is 0 Å². The van der Waals surface area contributed by atoms with Crippen LogP contribution in [-0.4, -0.2) is 20.6 Å². The monoisotopic (exact) mass is 284 g/mol. The topological polar surface area (TPSA) is 55.1 Å². The maximum Gasteiger partial charge on any atom is 0.449 e. The molecule has 7 heteroatoms. The summed E-state index contributed by atoms with van der Waals surface area (Å²) < 4.78 is 40.5. The smallest absolute Gasteiger partial charge is 0.449 e. The molecule has 0 unspecified atom stereocenters. The van der Waals surface area contributed by atoms with Gasteiger partial charge < -0.3 is 9.67 Å². The molecule has 1 saturated carbocycles. The highest BCUT2D eigenvalue weighted by atomic mass is 19.4. The van der Waals surface area contributed by atoms with Crippen LogP contribution in [0.25, 0.3) is 11.0 Å². The Balaban J connectivity index is 2.32. The van der Waals surface area contributed by atoms with Crippen molar-refractivity contribution in [2.24, 2.45) is 0 Å². The Morgan fingerprint density at radius 3 is 2.55 bits per heavy atom. The van der Waals surface area contributed by atoms with Gasteiger partial charge in [-0.2, -0.15) is 13.2 Å². The standard InChI is InChI=1S/C13H11F3N2O2/c14-13(15,16)12-17-10-8(11(19)20)5-2-6-9(10)18(12)7-3-1-4-7/h2,5-7H,1,3-4H2,(H,19,20). The zero-order valence-electron chi connectivity index (χ0n) is 10.3. The van der Waals surface area contributed by atoms with E-state index in [9.17, 15) is 18.0 Å². The van der Waals surface area contributed by atoms with Gasteiger partial charge in [-0.1, -0.05) is 6.07 Å². The number of alkyl halides is 3. The summed E-state index contributed by atoms with van der Waals surface area (Å²) in [6.45, 7) is 0. The summed E-state index contributed by atoms with van der Waals surface area (Å²) in [5.41, 5.74) is -0.0628. The van der Waals surface area contributed by atoms with Gasteiger partial charge in [0.2, 0.25) is 5.82 Å². The first-order chi connectivity index (χ1) is 9.39. The molecule has 106 valence electrons. The molecule has 0 amide bonds. The number of carboxylic acids is 1. The second-order valence-corrected chi connectivity index (χ2v) is 4.87. The second-order valence-electron chi connectivity index (χ2n) is 4.87. The van der Waals surface area contributed by atoms with Crippen molar-refractivity contribution in [2.75, 3.05) is 0 Å². The van der Waals surface area contributed by atoms with Crippen LogP contribution < -0.4 is 0 Å². The molecule has 1 aromatic carbocycles. The third-order valence-electron chi connectivity index (χ3n) is 3.64. The minimum Gasteiger partial charge on any atom is -0.478 e. The van der Waals surface area contributed by atoms with Gasteiger partial charge >= 0.3 is 12.1 Å². The van der Waals surface area contributed by atoms with Crippen LogP contribution in [0.2, 0.25) is 0 Å². The number of rotatable bonds is 2. The molecule has 20 heavy (non-hydrogen) atoms. The molecule has 0 saturated heterocycles. The lowest BCUT2D eigenvalue weighted by Crippen LogP contribution is -2.23. The SMILES string of the molecule is O=C(O)c1cccc2c1nc(C(F)(F)F)n2C1CCC1. The van der Waals surface area contributed by atoms with Crippen molar-refractivity contribution in [1.29, 1.82) is 0 Å². The van der Waals surface area contributed by atoms with E-state index in [1.54, 1.807) is 0 Å². The Hall–Kier alpha value is -2.05. The first-order valence-electron chi connectivity index (χ1n) is 6.21. The van der Waals surface area contributed by atoms with Crippen molar-refractivity contribution in [3.05, 3.63) is 29.6 Å². The van der Waals surface area contributed by atoms with E-state index in [0.717, 1.165) is 11.0 Å². The molecule has 3 rings (SSSR count). The molecule has 0 radical (unpaired) electrons. The summed E-state index contributed by atoms with van der Waals surface area (Å²) in [4.78, 5) is 14.7. The fourth-order valence-corrected chi connectivity index (χ4v) is 2.50. The molecule has 1 fully saturated rings. The molecule has 0 spiro atoms. The summed E-state index contributed by atoms with van der Waals surface area (Å²) in [5, 5.41) is 9.07. The van der Waals surface area contributed by atoms with E-state index in [0.29, 0.717) is 12.8 Å². The third kappa shape index (κ3) is 1.85. The van der Waals surface area contributed by atoms with E-state index < -0.39 is 18.0 Å². The van der Waals surface area contributed by atoms with E-state index in [-0.39, 0.29) is 22.6 Å². The number of para-hydroxylation sites is 1. The van der Waals surface area contributed by atoms with Gasteiger partial charge in [0, 0.05) is 6.04 Å². The van der Waals surface area contributed by atoms with Crippen LogP contribution in [0.15, 0.2) is 18.2 Å². The molecule has 0 bridgehead atoms. The van der Waals surface area contributed by atoms with Crippen molar-refractivity contribution >= 4 is 17.0 Å². The molecule has 1 heterocycles. The number of carboxylic acid groups (broad SMARTS) is 1. The first-order valence-corrected chi connectivity index (χ1v) is 6.21. The molecule has 1 aromatic heterocycles. The quantitative estimate of drug-likeness (QED) is 0.918. The normalized spacial score (nSPS) is 16.4. The molecule has 1 aliphatic rings. The molecule has 4 nitrogen and oxygen atoms in total. The van der Waals surface area contributed by atoms with Gasteiger partial charge in [-0.25, -0.2) is 9.78 Å². The summed E-state index contributed by atoms with van der Waals surface area (Å²) in [5.74, 6) is -2.28. The van der Waals surface area contributed by atoms with Crippen molar-refractivity contribution in [2.45, 2.75) is 31.5 Å². The van der Waals surface area contributed by atoms with Crippen molar-refractivity contribution < 1.29 is 23.1 Å². The van der Waals surface area contributed by atoms with E-state index in [1.807, 2.05) is 0 Å². The lowest BCUT2D eigenvalue weighted by Gasteiger charge is -2.29. The van der Waals surface area contributed by atoms with Gasteiger partial charge in [-0.05, 0) is 31.4 Å². The zero-order chi connectivity index (χ0) is 14.5. The first kappa shape index (κ1) is 13.0. The summed E-state index contributed by atoms with van der Waals surface area (Å²) >= 11 is 0. The Kier molecular flexibility index (Phi) is 2.74. The number of hydrogen-bond donors (Lipinski definition) is 1. The van der Waals surface area contributed by atoms with Crippen LogP contribution in [0.4, 0.5) is 13.2 Å². The minimum absolute atomic E-state index is 0.0979. The molecular formula is C13H11F3N2O2. The number of fused-ring (bicyclic) bond motifs is 1. The number of benzene rings is 1. The number of nitrogens with zero attached hydrogens (tertiary/aromatic N) is 2. The van der Waals surface area contributed by atoms with Gasteiger partial charge in [0.1, 0.15) is 5.52 Å². The van der Waals surface area contributed by atoms with Crippen LogP contribution in [0.1, 0.15) is 41.5 Å². The molecule has 0 aliphatic heterocycles. The van der Waals surface area contributed by atoms with Crippen LogP contribution in [0.3, 0.4) is 0 Å². The average molecular weight is 284 g/mol. The Labute approximate surface area is 111 Å². The zero-order valence-corrected chi connectivity index (χ0v) is 10.3. The number of imidazole rings is 1. The lowest BCUT2D eigenvalue weighted by atomic mass is 9.92. The number of hydrogen-bond acceptors (Lipinski definition) is 2. The minimum atomic E-state index is -4.59. The Morgan fingerprint density at radius 2 is 2.05 bits per heavy atom. The summed E-state index contributed by atoms with van der Waals surface area (Å²) in [6.07, 6.45) is -2.40. The Bertz CT molecular complexity index is 687. The second kappa shape index (κ2) is 4.22. The predicted molar refractivity (Wildman–Crippen MR) is 64.6 cm³/mol. The van der Waals surface area contributed by atoms with Crippen LogP contribution in [0.5, 0.6) is 0 Å². The highest BCUT2D eigenvalue weighted by Crippen LogP contribution is 2.40. The lowest BCUT2D eigenvalue weighted by molar-refractivity contribution is -0.148. The number of carbonyl (C=O) groups is 1. The molecule has 1 aliphatic carbocycles. The maximum atomic E-state index is 13.1. The van der Waals surface area contributed by atoms with E-state index in [2.05, 4.69) is 4.98 Å². The summed E-state index contributed by atoms with van der Waals surface area (Å²) in [7, 11) is 0. The van der Waals surface area contributed by atoms with Crippen LogP contribution in [-0.2, 0) is 6.18 Å². The van der Waals surface area contributed by atoms with Crippen molar-refractivity contribution in [3.63, 3.8) is 0 Å². The maximum absolute atomic E-state index is 13.1. The third-order valence-corrected chi connectivity index (χ3v) is 3.64. The molecule has 0 atom stereocenters. The molecule has 2 aromatic rings. The van der Waals surface area contributed by atoms with Crippen molar-refractivity contribution in [1.82, 2.24) is 9.55 Å². The fourth-order valence-electron chi connectivity index (χ4n) is 2.50. The highest BCUT2D eigenvalue weighted by molar-refractivity contribution is 6.01. The average Bonchev–Trinajstić information content (AvgIpc) is 2.66. The van der Waals surface area contributed by atoms with E-state index >= 15 is 0 Å². The van der Waals surface area contributed by atoms with Gasteiger partial charge in [0.15, 0.2) is 0 Å². The predicted octanol–water partition coefficient (Wildman–Crippen LogP) is 3.48. The van der Waals surface area contributed by atoms with Gasteiger partial charge in [-0.3, -0.25) is 0 Å². The van der Waals surface area contributed by atoms with Crippen LogP contribution in [0, 0.1) is 0 Å².